The number of oxazole rings is 1. The molecule has 2 N–H and O–H groups in total. The quantitative estimate of drug-likeness (QED) is 0.733. The van der Waals surface area contributed by atoms with Crippen LogP contribution >= 0.6 is 0 Å². The van der Waals surface area contributed by atoms with Crippen LogP contribution in [0.4, 0.5) is 19.3 Å². The molecule has 0 aliphatic heterocycles. The molecule has 1 heterocycles. The van der Waals surface area contributed by atoms with E-state index in [-0.39, 0.29) is 5.56 Å². The lowest BCUT2D eigenvalue weighted by Crippen LogP contribution is -2.32. The van der Waals surface area contributed by atoms with Crippen LogP contribution in [0.2, 0.25) is 0 Å². The zero-order valence-corrected chi connectivity index (χ0v) is 13.3. The van der Waals surface area contributed by atoms with Crippen LogP contribution in [-0.4, -0.2) is 11.0 Å². The Labute approximate surface area is 142 Å². The number of hydrogen-bond acceptors (Lipinski definition) is 3. The summed E-state index contributed by atoms with van der Waals surface area (Å²) in [4.78, 5) is 16.1. The minimum absolute atomic E-state index is 0.183. The van der Waals surface area contributed by atoms with Gasteiger partial charge in [-0.1, -0.05) is 6.07 Å². The highest BCUT2D eigenvalue weighted by molar-refractivity contribution is 5.89. The summed E-state index contributed by atoms with van der Waals surface area (Å²) in [5.74, 6) is -0.939. The maximum absolute atomic E-state index is 13.7. The van der Waals surface area contributed by atoms with E-state index in [0.29, 0.717) is 11.6 Å². The van der Waals surface area contributed by atoms with Crippen LogP contribution in [0.15, 0.2) is 59.3 Å². The molecule has 3 aromatic rings. The van der Waals surface area contributed by atoms with Gasteiger partial charge in [-0.05, 0) is 43.3 Å². The van der Waals surface area contributed by atoms with Gasteiger partial charge >= 0.3 is 6.03 Å². The van der Waals surface area contributed by atoms with E-state index in [4.69, 9.17) is 4.42 Å². The summed E-state index contributed by atoms with van der Waals surface area (Å²) in [6, 6.07) is 9.00. The van der Waals surface area contributed by atoms with Gasteiger partial charge in [0.25, 0.3) is 0 Å². The number of nitrogens with one attached hydrogen (secondary N) is 2. The van der Waals surface area contributed by atoms with Crippen molar-refractivity contribution in [2.75, 3.05) is 5.32 Å². The van der Waals surface area contributed by atoms with Crippen molar-refractivity contribution in [3.63, 3.8) is 0 Å². The molecule has 7 heteroatoms. The third-order valence-corrected chi connectivity index (χ3v) is 3.60. The summed E-state index contributed by atoms with van der Waals surface area (Å²) in [6.07, 6.45) is 3.01. The van der Waals surface area contributed by atoms with Crippen molar-refractivity contribution in [1.82, 2.24) is 10.3 Å². The molecule has 0 saturated carbocycles. The maximum Gasteiger partial charge on any atom is 0.319 e. The van der Waals surface area contributed by atoms with Gasteiger partial charge in [-0.25, -0.2) is 18.6 Å². The minimum Gasteiger partial charge on any atom is -0.445 e. The van der Waals surface area contributed by atoms with E-state index < -0.39 is 23.7 Å². The number of carbonyl (C=O) groups is 1. The van der Waals surface area contributed by atoms with Gasteiger partial charge in [0.2, 0.25) is 5.89 Å². The Hall–Kier alpha value is -3.22. The fraction of sp³-hybridized carbons (Fsp3) is 0.111. The van der Waals surface area contributed by atoms with Gasteiger partial charge in [0.1, 0.15) is 17.9 Å². The molecule has 0 fully saturated rings. The molecule has 2 aromatic carbocycles. The smallest absolute Gasteiger partial charge is 0.319 e. The van der Waals surface area contributed by atoms with Gasteiger partial charge in [-0.3, -0.25) is 0 Å². The zero-order valence-electron chi connectivity index (χ0n) is 13.3. The summed E-state index contributed by atoms with van der Waals surface area (Å²) in [5.41, 5.74) is 1.10. The molecule has 0 aliphatic rings. The monoisotopic (exact) mass is 343 g/mol. The summed E-state index contributed by atoms with van der Waals surface area (Å²) in [7, 11) is 0. The molecule has 0 spiro atoms. The summed E-state index contributed by atoms with van der Waals surface area (Å²) in [5, 5.41) is 5.12. The molecule has 2 amide bonds. The van der Waals surface area contributed by atoms with Gasteiger partial charge in [0.15, 0.2) is 0 Å². The van der Waals surface area contributed by atoms with Crippen molar-refractivity contribution in [3.8, 4) is 11.5 Å². The van der Waals surface area contributed by atoms with Gasteiger partial charge in [-0.15, -0.1) is 0 Å². The first-order chi connectivity index (χ1) is 12.0. The Bertz CT molecular complexity index is 844. The maximum atomic E-state index is 13.7. The van der Waals surface area contributed by atoms with Crippen molar-refractivity contribution in [3.05, 3.63) is 72.1 Å². The highest BCUT2D eigenvalue weighted by Crippen LogP contribution is 2.21. The molecule has 0 saturated heterocycles. The fourth-order valence-corrected chi connectivity index (χ4v) is 2.42. The molecule has 25 heavy (non-hydrogen) atoms. The molecule has 1 aromatic heterocycles. The Morgan fingerprint density at radius 2 is 1.80 bits per heavy atom. The van der Waals surface area contributed by atoms with Crippen LogP contribution in [0, 0.1) is 11.6 Å². The Morgan fingerprint density at radius 3 is 2.40 bits per heavy atom. The lowest BCUT2D eigenvalue weighted by Gasteiger charge is -2.16. The number of nitrogens with zero attached hydrogens (tertiary/aromatic N) is 1. The predicted octanol–water partition coefficient (Wildman–Crippen LogP) is 4.50. The van der Waals surface area contributed by atoms with E-state index in [1.807, 2.05) is 0 Å². The largest absolute Gasteiger partial charge is 0.445 e. The zero-order chi connectivity index (χ0) is 17.8. The number of aromatic nitrogens is 1. The SMILES string of the molecule is C[C@H](NC(=O)Nc1ccc(-c2ncco2)cc1)c1c(F)cccc1F. The molecule has 3 rings (SSSR count). The van der Waals surface area contributed by atoms with Gasteiger partial charge in [0.05, 0.1) is 12.2 Å². The third-order valence-electron chi connectivity index (χ3n) is 3.60. The average molecular weight is 343 g/mol. The van der Waals surface area contributed by atoms with Crippen LogP contribution in [0.3, 0.4) is 0 Å². The number of hydrogen-bond donors (Lipinski definition) is 2. The van der Waals surface area contributed by atoms with E-state index in [1.54, 1.807) is 24.3 Å². The van der Waals surface area contributed by atoms with Crippen molar-refractivity contribution < 1.29 is 18.0 Å². The highest BCUT2D eigenvalue weighted by atomic mass is 19.1. The number of urea groups is 1. The van der Waals surface area contributed by atoms with Crippen molar-refractivity contribution >= 4 is 11.7 Å². The van der Waals surface area contributed by atoms with E-state index >= 15 is 0 Å². The molecular formula is C18H15F2N3O2. The predicted molar refractivity (Wildman–Crippen MR) is 88.9 cm³/mol. The number of anilines is 1. The Kier molecular flexibility index (Phi) is 4.74. The standard InChI is InChI=1S/C18H15F2N3O2/c1-11(16-14(19)3-2-4-15(16)20)22-18(24)23-13-7-5-12(6-8-13)17-21-9-10-25-17/h2-11H,1H3,(H2,22,23,24)/t11-/m0/s1. The number of amides is 2. The van der Waals surface area contributed by atoms with Crippen LogP contribution in [0.5, 0.6) is 0 Å². The summed E-state index contributed by atoms with van der Waals surface area (Å²) >= 11 is 0. The van der Waals surface area contributed by atoms with E-state index in [1.165, 1.54) is 25.5 Å². The Balaban J connectivity index is 1.64. The first-order valence-corrected chi connectivity index (χ1v) is 7.56. The van der Waals surface area contributed by atoms with Gasteiger partial charge in [0, 0.05) is 16.8 Å². The summed E-state index contributed by atoms with van der Waals surface area (Å²) < 4.78 is 32.6. The molecule has 128 valence electrons. The summed E-state index contributed by atoms with van der Waals surface area (Å²) in [6.45, 7) is 1.51. The van der Waals surface area contributed by atoms with Crippen LogP contribution in [0.1, 0.15) is 18.5 Å². The molecule has 5 nitrogen and oxygen atoms in total. The van der Waals surface area contributed by atoms with Crippen molar-refractivity contribution in [2.45, 2.75) is 13.0 Å². The number of rotatable bonds is 4. The molecule has 0 unspecified atom stereocenters. The minimum atomic E-state index is -0.826. The normalized spacial score (nSPS) is 11.8. The second-order valence-electron chi connectivity index (χ2n) is 5.37. The van der Waals surface area contributed by atoms with Crippen LogP contribution < -0.4 is 10.6 Å². The second-order valence-corrected chi connectivity index (χ2v) is 5.37. The van der Waals surface area contributed by atoms with Crippen LogP contribution in [0.25, 0.3) is 11.5 Å². The van der Waals surface area contributed by atoms with E-state index in [9.17, 15) is 13.6 Å². The topological polar surface area (TPSA) is 67.2 Å². The fourth-order valence-electron chi connectivity index (χ4n) is 2.42. The van der Waals surface area contributed by atoms with E-state index in [2.05, 4.69) is 15.6 Å². The van der Waals surface area contributed by atoms with Crippen LogP contribution in [-0.2, 0) is 0 Å². The first-order valence-electron chi connectivity index (χ1n) is 7.56. The molecular weight excluding hydrogens is 328 g/mol. The molecule has 0 aliphatic carbocycles. The van der Waals surface area contributed by atoms with Gasteiger partial charge in [-0.2, -0.15) is 0 Å². The lowest BCUT2D eigenvalue weighted by molar-refractivity contribution is 0.249. The van der Waals surface area contributed by atoms with Crippen molar-refractivity contribution in [1.29, 1.82) is 0 Å². The first kappa shape index (κ1) is 16.6. The molecule has 1 atom stereocenters. The average Bonchev–Trinajstić information content (AvgIpc) is 3.09. The Morgan fingerprint density at radius 1 is 1.12 bits per heavy atom. The molecule has 0 bridgehead atoms. The lowest BCUT2D eigenvalue weighted by atomic mass is 10.1. The number of carbonyl (C=O) groups excluding carboxylic acids is 1. The third kappa shape index (κ3) is 3.82. The van der Waals surface area contributed by atoms with Gasteiger partial charge < -0.3 is 15.1 Å². The van der Waals surface area contributed by atoms with Crippen molar-refractivity contribution in [2.24, 2.45) is 0 Å². The number of benzene rings is 2. The van der Waals surface area contributed by atoms with E-state index in [0.717, 1.165) is 17.7 Å². The number of halogens is 2. The second kappa shape index (κ2) is 7.12. The molecule has 0 radical (unpaired) electrons. The highest BCUT2D eigenvalue weighted by Gasteiger charge is 2.17.